The third kappa shape index (κ3) is 4.28. The maximum atomic E-state index is 10.6. The number of rotatable bonds is 5. The van der Waals surface area contributed by atoms with Crippen molar-refractivity contribution in [2.45, 2.75) is 32.1 Å². The van der Waals surface area contributed by atoms with Crippen molar-refractivity contribution in [3.63, 3.8) is 0 Å². The number of likely N-dealkylation sites (tertiary alicyclic amines) is 2. The van der Waals surface area contributed by atoms with Crippen LogP contribution in [0, 0.1) is 5.92 Å². The number of nitrogens with zero attached hydrogens (tertiary/aromatic N) is 2. The van der Waals surface area contributed by atoms with Gasteiger partial charge >= 0.3 is 5.97 Å². The number of carbonyl (C=O) groups is 1. The van der Waals surface area contributed by atoms with Crippen LogP contribution in [0.1, 0.15) is 32.1 Å². The highest BCUT2D eigenvalue weighted by atomic mass is 16.4. The number of hydrogen-bond acceptors (Lipinski definition) is 3. The fraction of sp³-hybridized carbons (Fsp3) is 0.923. The minimum absolute atomic E-state index is 0.361. The molecule has 0 unspecified atom stereocenters. The van der Waals surface area contributed by atoms with Crippen molar-refractivity contribution in [1.82, 2.24) is 9.80 Å². The molecule has 0 aromatic rings. The van der Waals surface area contributed by atoms with Crippen molar-refractivity contribution in [2.75, 3.05) is 39.3 Å². The minimum atomic E-state index is -0.638. The van der Waals surface area contributed by atoms with E-state index in [1.165, 1.54) is 39.0 Å². The highest BCUT2D eigenvalue weighted by Gasteiger charge is 2.21. The Hall–Kier alpha value is -0.610. The van der Waals surface area contributed by atoms with Gasteiger partial charge < -0.3 is 14.9 Å². The molecule has 0 radical (unpaired) electrons. The number of aliphatic carboxylic acids is 1. The van der Waals surface area contributed by atoms with Gasteiger partial charge in [0.25, 0.3) is 0 Å². The fourth-order valence-corrected chi connectivity index (χ4v) is 2.95. The van der Waals surface area contributed by atoms with E-state index in [0.29, 0.717) is 12.3 Å². The molecule has 17 heavy (non-hydrogen) atoms. The summed E-state index contributed by atoms with van der Waals surface area (Å²) in [6, 6.07) is 0. The summed E-state index contributed by atoms with van der Waals surface area (Å²) in [5, 5.41) is 8.76. The van der Waals surface area contributed by atoms with Crippen LogP contribution in [0.25, 0.3) is 0 Å². The highest BCUT2D eigenvalue weighted by molar-refractivity contribution is 5.67. The SMILES string of the molecule is O=C(O)CC1CCN(CCN2CCCC2)CC1. The lowest BCUT2D eigenvalue weighted by molar-refractivity contribution is -0.138. The van der Waals surface area contributed by atoms with E-state index in [9.17, 15) is 4.79 Å². The average Bonchev–Trinajstić information content (AvgIpc) is 2.80. The van der Waals surface area contributed by atoms with Crippen LogP contribution >= 0.6 is 0 Å². The van der Waals surface area contributed by atoms with Crippen molar-refractivity contribution in [3.8, 4) is 0 Å². The molecule has 2 rings (SSSR count). The van der Waals surface area contributed by atoms with E-state index in [0.717, 1.165) is 25.9 Å². The number of carboxylic acid groups (broad SMARTS) is 1. The molecule has 0 spiro atoms. The van der Waals surface area contributed by atoms with Gasteiger partial charge in [0.05, 0.1) is 0 Å². The maximum absolute atomic E-state index is 10.6. The summed E-state index contributed by atoms with van der Waals surface area (Å²) in [7, 11) is 0. The van der Waals surface area contributed by atoms with Crippen LogP contribution in [-0.2, 0) is 4.79 Å². The monoisotopic (exact) mass is 240 g/mol. The van der Waals surface area contributed by atoms with Gasteiger partial charge in [0, 0.05) is 19.5 Å². The van der Waals surface area contributed by atoms with E-state index in [-0.39, 0.29) is 0 Å². The Morgan fingerprint density at radius 1 is 1.00 bits per heavy atom. The highest BCUT2D eigenvalue weighted by Crippen LogP contribution is 2.20. The first-order valence-corrected chi connectivity index (χ1v) is 6.90. The third-order valence-electron chi connectivity index (χ3n) is 4.10. The minimum Gasteiger partial charge on any atom is -0.481 e. The molecule has 4 nitrogen and oxygen atoms in total. The van der Waals surface area contributed by atoms with Gasteiger partial charge in [-0.2, -0.15) is 0 Å². The Morgan fingerprint density at radius 2 is 1.53 bits per heavy atom. The molecule has 2 saturated heterocycles. The summed E-state index contributed by atoms with van der Waals surface area (Å²) in [5.41, 5.74) is 0. The Bertz CT molecular complexity index is 244. The van der Waals surface area contributed by atoms with Gasteiger partial charge in [0.1, 0.15) is 0 Å². The second-order valence-corrected chi connectivity index (χ2v) is 5.43. The quantitative estimate of drug-likeness (QED) is 0.786. The van der Waals surface area contributed by atoms with Crippen LogP contribution in [0.4, 0.5) is 0 Å². The maximum Gasteiger partial charge on any atom is 0.303 e. The van der Waals surface area contributed by atoms with Crippen LogP contribution in [0.2, 0.25) is 0 Å². The molecule has 2 aliphatic heterocycles. The second-order valence-electron chi connectivity index (χ2n) is 5.43. The van der Waals surface area contributed by atoms with Crippen molar-refractivity contribution < 1.29 is 9.90 Å². The standard InChI is InChI=1S/C13H24N2O2/c16-13(17)11-12-3-7-15(8-4-12)10-9-14-5-1-2-6-14/h12H,1-11H2,(H,16,17). The Morgan fingerprint density at radius 3 is 2.06 bits per heavy atom. The molecular weight excluding hydrogens is 216 g/mol. The van der Waals surface area contributed by atoms with Gasteiger partial charge in [0.2, 0.25) is 0 Å². The van der Waals surface area contributed by atoms with Crippen LogP contribution < -0.4 is 0 Å². The van der Waals surface area contributed by atoms with E-state index in [4.69, 9.17) is 5.11 Å². The van der Waals surface area contributed by atoms with Crippen molar-refractivity contribution in [2.24, 2.45) is 5.92 Å². The normalized spacial score (nSPS) is 24.2. The lowest BCUT2D eigenvalue weighted by Gasteiger charge is -2.32. The Kier molecular flexibility index (Phi) is 4.80. The van der Waals surface area contributed by atoms with Crippen molar-refractivity contribution in [3.05, 3.63) is 0 Å². The zero-order chi connectivity index (χ0) is 12.1. The van der Waals surface area contributed by atoms with Gasteiger partial charge in [-0.15, -0.1) is 0 Å². The first kappa shape index (κ1) is 12.8. The average molecular weight is 240 g/mol. The molecule has 0 atom stereocenters. The molecule has 2 heterocycles. The van der Waals surface area contributed by atoms with Crippen LogP contribution in [0.15, 0.2) is 0 Å². The van der Waals surface area contributed by atoms with E-state index in [1.54, 1.807) is 0 Å². The van der Waals surface area contributed by atoms with Crippen molar-refractivity contribution >= 4 is 5.97 Å². The van der Waals surface area contributed by atoms with E-state index in [2.05, 4.69) is 9.80 Å². The predicted molar refractivity (Wildman–Crippen MR) is 67.1 cm³/mol. The van der Waals surface area contributed by atoms with Crippen LogP contribution in [-0.4, -0.2) is 60.1 Å². The second kappa shape index (κ2) is 6.36. The van der Waals surface area contributed by atoms with Gasteiger partial charge in [-0.05, 0) is 57.8 Å². The number of hydrogen-bond donors (Lipinski definition) is 1. The first-order valence-electron chi connectivity index (χ1n) is 6.90. The molecule has 0 aliphatic carbocycles. The third-order valence-corrected chi connectivity index (χ3v) is 4.10. The molecule has 1 N–H and O–H groups in total. The van der Waals surface area contributed by atoms with Gasteiger partial charge in [-0.25, -0.2) is 0 Å². The Balaban J connectivity index is 1.60. The van der Waals surface area contributed by atoms with E-state index >= 15 is 0 Å². The summed E-state index contributed by atoms with van der Waals surface area (Å²) in [4.78, 5) is 15.7. The lowest BCUT2D eigenvalue weighted by atomic mass is 9.94. The van der Waals surface area contributed by atoms with Gasteiger partial charge in [-0.3, -0.25) is 4.79 Å². The Labute approximate surface area is 104 Å². The molecule has 98 valence electrons. The predicted octanol–water partition coefficient (Wildman–Crippen LogP) is 1.27. The van der Waals surface area contributed by atoms with Crippen molar-refractivity contribution in [1.29, 1.82) is 0 Å². The molecule has 0 bridgehead atoms. The van der Waals surface area contributed by atoms with E-state index < -0.39 is 5.97 Å². The van der Waals surface area contributed by atoms with Gasteiger partial charge in [-0.1, -0.05) is 0 Å². The van der Waals surface area contributed by atoms with Gasteiger partial charge in [0.15, 0.2) is 0 Å². The van der Waals surface area contributed by atoms with Crippen LogP contribution in [0.3, 0.4) is 0 Å². The molecular formula is C13H24N2O2. The fourth-order valence-electron chi connectivity index (χ4n) is 2.95. The first-order chi connectivity index (χ1) is 8.24. The van der Waals surface area contributed by atoms with E-state index in [1.807, 2.05) is 0 Å². The molecule has 0 aromatic heterocycles. The molecule has 2 fully saturated rings. The molecule has 0 aromatic carbocycles. The zero-order valence-corrected chi connectivity index (χ0v) is 10.6. The largest absolute Gasteiger partial charge is 0.481 e. The summed E-state index contributed by atoms with van der Waals surface area (Å²) >= 11 is 0. The summed E-state index contributed by atoms with van der Waals surface area (Å²) in [6.07, 6.45) is 5.21. The summed E-state index contributed by atoms with van der Waals surface area (Å²) in [5.74, 6) is -0.226. The molecule has 4 heteroatoms. The smallest absolute Gasteiger partial charge is 0.303 e. The van der Waals surface area contributed by atoms with Crippen LogP contribution in [0.5, 0.6) is 0 Å². The molecule has 0 saturated carbocycles. The number of carboxylic acids is 1. The topological polar surface area (TPSA) is 43.8 Å². The lowest BCUT2D eigenvalue weighted by Crippen LogP contribution is -2.39. The zero-order valence-electron chi connectivity index (χ0n) is 10.6. The molecule has 2 aliphatic rings. The summed E-state index contributed by atoms with van der Waals surface area (Å²) < 4.78 is 0. The number of piperidine rings is 1. The summed E-state index contributed by atoms with van der Waals surface area (Å²) in [6.45, 7) is 7.09. The molecule has 0 amide bonds.